The number of hydrogen-bond acceptors (Lipinski definition) is 4. The van der Waals surface area contributed by atoms with Crippen molar-refractivity contribution in [3.05, 3.63) is 29.1 Å². The molecule has 0 aromatic carbocycles. The zero-order valence-corrected chi connectivity index (χ0v) is 6.50. The largest absolute Gasteiger partial charge is 0.319 e. The third kappa shape index (κ3) is 1.07. The molecule has 0 fully saturated rings. The molecule has 1 aliphatic heterocycles. The Kier molecular flexibility index (Phi) is 1.60. The second-order valence-corrected chi connectivity index (χ2v) is 2.90. The van der Waals surface area contributed by atoms with Crippen LogP contribution in [0.15, 0.2) is 11.9 Å². The molecule has 1 rings (SSSR count). The number of nitro groups is 1. The molecule has 0 unspecified atom stereocenters. The minimum atomic E-state index is -0.635. The first-order valence-electron chi connectivity index (χ1n) is 3.18. The van der Waals surface area contributed by atoms with Crippen LogP contribution in [0, 0.1) is 17.2 Å². The normalized spacial score (nSPS) is 22.6. The molecule has 0 saturated heterocycles. The van der Waals surface area contributed by atoms with E-state index < -0.39 is 10.5 Å². The molecule has 61 valence electrons. The Balaban J connectivity index is 2.92. The third-order valence-electron chi connectivity index (χ3n) is 1.86. The van der Waals surface area contributed by atoms with Crippen LogP contribution in [0.3, 0.4) is 0 Å². The SMILES string of the molecule is [CH2]N1NC=C([N+](=O)[O-])C1(C)C. The Morgan fingerprint density at radius 2 is 2.36 bits per heavy atom. The molecular weight excluding hydrogens is 146 g/mol. The molecule has 1 heterocycles. The van der Waals surface area contributed by atoms with E-state index in [-0.39, 0.29) is 5.70 Å². The molecule has 0 bridgehead atoms. The minimum absolute atomic E-state index is 0.132. The van der Waals surface area contributed by atoms with E-state index in [0.29, 0.717) is 0 Å². The summed E-state index contributed by atoms with van der Waals surface area (Å²) in [7, 11) is 3.59. The lowest BCUT2D eigenvalue weighted by molar-refractivity contribution is -0.435. The van der Waals surface area contributed by atoms with Gasteiger partial charge in [0.25, 0.3) is 5.70 Å². The Labute approximate surface area is 64.8 Å². The van der Waals surface area contributed by atoms with Crippen LogP contribution in [-0.4, -0.2) is 15.5 Å². The Bertz CT molecular complexity index is 222. The van der Waals surface area contributed by atoms with E-state index in [1.54, 1.807) is 13.8 Å². The molecule has 1 radical (unpaired) electrons. The van der Waals surface area contributed by atoms with Crippen molar-refractivity contribution in [2.45, 2.75) is 19.4 Å². The van der Waals surface area contributed by atoms with Crippen molar-refractivity contribution in [2.75, 3.05) is 0 Å². The van der Waals surface area contributed by atoms with Gasteiger partial charge >= 0.3 is 0 Å². The van der Waals surface area contributed by atoms with E-state index in [9.17, 15) is 10.1 Å². The maximum atomic E-state index is 10.4. The molecule has 0 atom stereocenters. The van der Waals surface area contributed by atoms with Gasteiger partial charge in [0.1, 0.15) is 5.54 Å². The highest BCUT2D eigenvalue weighted by Gasteiger charge is 2.41. The van der Waals surface area contributed by atoms with E-state index in [4.69, 9.17) is 0 Å². The maximum absolute atomic E-state index is 10.4. The Hall–Kier alpha value is -1.10. The van der Waals surface area contributed by atoms with Gasteiger partial charge in [-0.05, 0) is 13.8 Å². The second kappa shape index (κ2) is 2.20. The van der Waals surface area contributed by atoms with Crippen molar-refractivity contribution in [3.8, 4) is 0 Å². The lowest BCUT2D eigenvalue weighted by atomic mass is 10.0. The fraction of sp³-hybridized carbons (Fsp3) is 0.500. The summed E-state index contributed by atoms with van der Waals surface area (Å²) in [5.74, 6) is 0. The molecule has 5 nitrogen and oxygen atoms in total. The first kappa shape index (κ1) is 8.00. The molecule has 11 heavy (non-hydrogen) atoms. The van der Waals surface area contributed by atoms with Crippen molar-refractivity contribution in [1.82, 2.24) is 10.4 Å². The summed E-state index contributed by atoms with van der Waals surface area (Å²) >= 11 is 0. The molecule has 0 spiro atoms. The van der Waals surface area contributed by atoms with Crippen LogP contribution in [0.1, 0.15) is 13.8 Å². The predicted octanol–water partition coefficient (Wildman–Crippen LogP) is 0.495. The fourth-order valence-corrected chi connectivity index (χ4v) is 0.891. The number of rotatable bonds is 1. The van der Waals surface area contributed by atoms with E-state index in [1.807, 2.05) is 0 Å². The lowest BCUT2D eigenvalue weighted by Crippen LogP contribution is -2.42. The maximum Gasteiger partial charge on any atom is 0.284 e. The van der Waals surface area contributed by atoms with E-state index in [2.05, 4.69) is 12.5 Å². The highest BCUT2D eigenvalue weighted by atomic mass is 16.6. The van der Waals surface area contributed by atoms with Gasteiger partial charge in [-0.1, -0.05) is 0 Å². The van der Waals surface area contributed by atoms with Crippen molar-refractivity contribution < 1.29 is 4.92 Å². The first-order valence-corrected chi connectivity index (χ1v) is 3.18. The van der Waals surface area contributed by atoms with Gasteiger partial charge in [-0.25, -0.2) is 5.01 Å². The Morgan fingerprint density at radius 3 is 2.55 bits per heavy atom. The van der Waals surface area contributed by atoms with E-state index in [1.165, 1.54) is 11.2 Å². The minimum Gasteiger partial charge on any atom is -0.319 e. The standard InChI is InChI=1S/C6H10N3O2/c1-6(2)5(9(10)11)4-7-8(6)3/h4,7H,3H2,1-2H3. The van der Waals surface area contributed by atoms with Crippen LogP contribution in [0.2, 0.25) is 0 Å². The summed E-state index contributed by atoms with van der Waals surface area (Å²) in [5, 5.41) is 11.9. The summed E-state index contributed by atoms with van der Waals surface area (Å²) < 4.78 is 0. The topological polar surface area (TPSA) is 58.4 Å². The zero-order valence-electron chi connectivity index (χ0n) is 6.50. The number of nitrogens with one attached hydrogen (secondary N) is 1. The molecule has 0 aromatic rings. The fourth-order valence-electron chi connectivity index (χ4n) is 0.891. The van der Waals surface area contributed by atoms with Gasteiger partial charge in [0.2, 0.25) is 0 Å². The molecule has 0 amide bonds. The first-order chi connectivity index (χ1) is 4.96. The van der Waals surface area contributed by atoms with Gasteiger partial charge < -0.3 is 5.43 Å². The van der Waals surface area contributed by atoms with Crippen molar-refractivity contribution in [3.63, 3.8) is 0 Å². The summed E-state index contributed by atoms with van der Waals surface area (Å²) in [6.45, 7) is 3.46. The Morgan fingerprint density at radius 1 is 1.82 bits per heavy atom. The van der Waals surface area contributed by atoms with Crippen LogP contribution >= 0.6 is 0 Å². The van der Waals surface area contributed by atoms with Crippen molar-refractivity contribution >= 4 is 0 Å². The summed E-state index contributed by atoms with van der Waals surface area (Å²) in [4.78, 5) is 10.0. The van der Waals surface area contributed by atoms with E-state index >= 15 is 0 Å². The van der Waals surface area contributed by atoms with Gasteiger partial charge in [0.05, 0.1) is 11.1 Å². The number of hydrazine groups is 1. The zero-order chi connectivity index (χ0) is 8.65. The molecule has 0 aliphatic carbocycles. The smallest absolute Gasteiger partial charge is 0.284 e. The summed E-state index contributed by atoms with van der Waals surface area (Å²) in [6, 6.07) is 0. The highest BCUT2D eigenvalue weighted by molar-refractivity contribution is 5.14. The van der Waals surface area contributed by atoms with Crippen molar-refractivity contribution in [1.29, 1.82) is 0 Å². The average molecular weight is 156 g/mol. The van der Waals surface area contributed by atoms with Crippen LogP contribution in [0.4, 0.5) is 0 Å². The van der Waals surface area contributed by atoms with Gasteiger partial charge in [0.15, 0.2) is 0 Å². The van der Waals surface area contributed by atoms with Gasteiger partial charge in [-0.2, -0.15) is 0 Å². The number of hydrogen-bond donors (Lipinski definition) is 1. The summed E-state index contributed by atoms with van der Waals surface area (Å²) in [6.07, 6.45) is 1.35. The quantitative estimate of drug-likeness (QED) is 0.443. The number of nitrogens with zero attached hydrogens (tertiary/aromatic N) is 2. The molecule has 1 aliphatic rings. The molecule has 5 heteroatoms. The highest BCUT2D eigenvalue weighted by Crippen LogP contribution is 2.25. The van der Waals surface area contributed by atoms with Crippen LogP contribution in [-0.2, 0) is 0 Å². The monoisotopic (exact) mass is 156 g/mol. The van der Waals surface area contributed by atoms with Gasteiger partial charge in [-0.15, -0.1) is 0 Å². The molecule has 0 saturated carbocycles. The van der Waals surface area contributed by atoms with Crippen LogP contribution in [0.25, 0.3) is 0 Å². The van der Waals surface area contributed by atoms with Crippen molar-refractivity contribution in [2.24, 2.45) is 0 Å². The van der Waals surface area contributed by atoms with Crippen LogP contribution < -0.4 is 5.43 Å². The molecular formula is C6H10N3O2. The van der Waals surface area contributed by atoms with E-state index in [0.717, 1.165) is 0 Å². The predicted molar refractivity (Wildman–Crippen MR) is 39.5 cm³/mol. The van der Waals surface area contributed by atoms with Gasteiger partial charge in [0, 0.05) is 7.05 Å². The third-order valence-corrected chi connectivity index (χ3v) is 1.86. The second-order valence-electron chi connectivity index (χ2n) is 2.90. The average Bonchev–Trinajstić information content (AvgIpc) is 2.08. The lowest BCUT2D eigenvalue weighted by Gasteiger charge is -2.24. The van der Waals surface area contributed by atoms with Gasteiger partial charge in [-0.3, -0.25) is 10.1 Å². The summed E-state index contributed by atoms with van der Waals surface area (Å²) in [5.41, 5.74) is 2.16. The molecule has 0 aromatic heterocycles. The van der Waals surface area contributed by atoms with Crippen LogP contribution in [0.5, 0.6) is 0 Å². The molecule has 1 N–H and O–H groups in total.